The van der Waals surface area contributed by atoms with Crippen molar-refractivity contribution in [2.75, 3.05) is 5.73 Å². The van der Waals surface area contributed by atoms with Crippen molar-refractivity contribution in [3.05, 3.63) is 47.1 Å². The first-order valence-electron chi connectivity index (χ1n) is 6.32. The molecule has 0 atom stereocenters. The molecule has 2 heterocycles. The number of aryl methyl sites for hydroxylation is 2. The lowest BCUT2D eigenvalue weighted by Gasteiger charge is -2.06. The monoisotopic (exact) mass is 305 g/mol. The van der Waals surface area contributed by atoms with Crippen LogP contribution in [-0.2, 0) is 7.05 Å². The Balaban J connectivity index is 2.33. The molecule has 21 heavy (non-hydrogen) atoms. The average Bonchev–Trinajstić information content (AvgIpc) is 2.99. The normalized spacial score (nSPS) is 11.0. The Labute approximate surface area is 125 Å². The van der Waals surface area contributed by atoms with Crippen LogP contribution in [0.3, 0.4) is 0 Å². The van der Waals surface area contributed by atoms with E-state index >= 15 is 0 Å². The van der Waals surface area contributed by atoms with E-state index in [9.17, 15) is 4.39 Å². The van der Waals surface area contributed by atoms with Gasteiger partial charge in [0.15, 0.2) is 0 Å². The van der Waals surface area contributed by atoms with Crippen LogP contribution < -0.4 is 5.73 Å². The third-order valence-corrected chi connectivity index (χ3v) is 3.72. The van der Waals surface area contributed by atoms with Gasteiger partial charge in [0.2, 0.25) is 0 Å². The van der Waals surface area contributed by atoms with Gasteiger partial charge >= 0.3 is 0 Å². The first-order chi connectivity index (χ1) is 10.0. The van der Waals surface area contributed by atoms with Crippen LogP contribution in [0.2, 0.25) is 5.02 Å². The van der Waals surface area contributed by atoms with Crippen molar-refractivity contribution in [2.24, 2.45) is 7.05 Å². The van der Waals surface area contributed by atoms with E-state index in [1.165, 1.54) is 10.7 Å². The zero-order chi connectivity index (χ0) is 15.1. The summed E-state index contributed by atoms with van der Waals surface area (Å²) < 4.78 is 21.2. The van der Waals surface area contributed by atoms with E-state index in [1.807, 2.05) is 6.92 Å². The van der Waals surface area contributed by atoms with Crippen LogP contribution in [0, 0.1) is 12.7 Å². The Hall–Kier alpha value is -2.27. The van der Waals surface area contributed by atoms with Gasteiger partial charge in [-0.1, -0.05) is 23.7 Å². The number of aromatic nitrogens is 2. The Bertz CT molecular complexity index is 822. The first-order valence-corrected chi connectivity index (χ1v) is 6.69. The second kappa shape index (κ2) is 4.93. The largest absolute Gasteiger partial charge is 0.469 e. The standard InChI is InChI=1S/C15H13ClFN3O/c1-8-9(6-7-21-8)14-12(15(18)20(2)19-14)10-4-3-5-11(16)13(10)17/h3-7H,18H2,1-2H3. The predicted molar refractivity (Wildman–Crippen MR) is 80.5 cm³/mol. The van der Waals surface area contributed by atoms with Crippen molar-refractivity contribution in [3.63, 3.8) is 0 Å². The molecule has 0 fully saturated rings. The van der Waals surface area contributed by atoms with Crippen LogP contribution >= 0.6 is 11.6 Å². The maximum atomic E-state index is 14.4. The van der Waals surface area contributed by atoms with Crippen LogP contribution in [0.5, 0.6) is 0 Å². The van der Waals surface area contributed by atoms with Crippen LogP contribution in [0.25, 0.3) is 22.4 Å². The van der Waals surface area contributed by atoms with Gasteiger partial charge in [0, 0.05) is 18.2 Å². The fourth-order valence-electron chi connectivity index (χ4n) is 2.32. The summed E-state index contributed by atoms with van der Waals surface area (Å²) in [5, 5.41) is 4.43. The molecule has 3 aromatic rings. The van der Waals surface area contributed by atoms with Crippen molar-refractivity contribution >= 4 is 17.4 Å². The second-order valence-corrected chi connectivity index (χ2v) is 5.13. The van der Waals surface area contributed by atoms with E-state index < -0.39 is 5.82 Å². The minimum atomic E-state index is -0.513. The topological polar surface area (TPSA) is 57.0 Å². The summed E-state index contributed by atoms with van der Waals surface area (Å²) in [4.78, 5) is 0. The van der Waals surface area contributed by atoms with Crippen molar-refractivity contribution in [3.8, 4) is 22.4 Å². The zero-order valence-electron chi connectivity index (χ0n) is 11.5. The summed E-state index contributed by atoms with van der Waals surface area (Å²) >= 11 is 5.87. The molecule has 0 aliphatic rings. The lowest BCUT2D eigenvalue weighted by molar-refractivity contribution is 0.535. The number of benzene rings is 1. The molecule has 0 saturated heterocycles. The summed E-state index contributed by atoms with van der Waals surface area (Å²) in [5.41, 5.74) is 8.26. The number of rotatable bonds is 2. The summed E-state index contributed by atoms with van der Waals surface area (Å²) in [6, 6.07) is 6.59. The highest BCUT2D eigenvalue weighted by atomic mass is 35.5. The van der Waals surface area contributed by atoms with Crippen molar-refractivity contribution in [2.45, 2.75) is 6.92 Å². The van der Waals surface area contributed by atoms with E-state index in [4.69, 9.17) is 21.8 Å². The van der Waals surface area contributed by atoms with Gasteiger partial charge in [0.25, 0.3) is 0 Å². The summed E-state index contributed by atoms with van der Waals surface area (Å²) in [7, 11) is 1.71. The molecule has 4 nitrogen and oxygen atoms in total. The Morgan fingerprint density at radius 3 is 2.71 bits per heavy atom. The minimum Gasteiger partial charge on any atom is -0.469 e. The lowest BCUT2D eigenvalue weighted by Crippen LogP contribution is -1.98. The molecule has 0 aliphatic carbocycles. The number of hydrogen-bond acceptors (Lipinski definition) is 3. The Morgan fingerprint density at radius 2 is 2.05 bits per heavy atom. The summed E-state index contributed by atoms with van der Waals surface area (Å²) in [5.74, 6) is 0.546. The summed E-state index contributed by atoms with van der Waals surface area (Å²) in [6.45, 7) is 1.82. The fourth-order valence-corrected chi connectivity index (χ4v) is 2.49. The van der Waals surface area contributed by atoms with E-state index in [0.717, 1.165) is 5.56 Å². The highest BCUT2D eigenvalue weighted by molar-refractivity contribution is 6.31. The smallest absolute Gasteiger partial charge is 0.149 e. The molecule has 0 radical (unpaired) electrons. The van der Waals surface area contributed by atoms with Gasteiger partial charge in [-0.15, -0.1) is 0 Å². The first kappa shape index (κ1) is 13.7. The van der Waals surface area contributed by atoms with Crippen molar-refractivity contribution in [1.29, 1.82) is 0 Å². The van der Waals surface area contributed by atoms with E-state index in [2.05, 4.69) is 5.10 Å². The molecule has 0 unspecified atom stereocenters. The number of furan rings is 1. The Morgan fingerprint density at radius 1 is 1.29 bits per heavy atom. The number of halogens is 2. The molecule has 2 aromatic heterocycles. The van der Waals surface area contributed by atoms with Crippen LogP contribution in [-0.4, -0.2) is 9.78 Å². The number of nitrogen functional groups attached to an aromatic ring is 1. The van der Waals surface area contributed by atoms with Crippen LogP contribution in [0.4, 0.5) is 10.2 Å². The maximum Gasteiger partial charge on any atom is 0.149 e. The second-order valence-electron chi connectivity index (χ2n) is 4.72. The molecule has 0 saturated carbocycles. The highest BCUT2D eigenvalue weighted by Crippen LogP contribution is 2.39. The van der Waals surface area contributed by atoms with Gasteiger partial charge in [-0.2, -0.15) is 5.10 Å². The van der Waals surface area contributed by atoms with Crippen molar-refractivity contribution in [1.82, 2.24) is 9.78 Å². The molecule has 3 rings (SSSR count). The van der Waals surface area contributed by atoms with Gasteiger partial charge in [-0.05, 0) is 19.1 Å². The molecule has 0 spiro atoms. The van der Waals surface area contributed by atoms with E-state index in [0.29, 0.717) is 28.4 Å². The number of hydrogen-bond donors (Lipinski definition) is 1. The van der Waals surface area contributed by atoms with Crippen molar-refractivity contribution < 1.29 is 8.81 Å². The fraction of sp³-hybridized carbons (Fsp3) is 0.133. The maximum absolute atomic E-state index is 14.4. The number of nitrogens with zero attached hydrogens (tertiary/aromatic N) is 2. The molecular formula is C15H13ClFN3O. The molecule has 0 amide bonds. The highest BCUT2D eigenvalue weighted by Gasteiger charge is 2.22. The van der Waals surface area contributed by atoms with Crippen LogP contribution in [0.1, 0.15) is 5.76 Å². The average molecular weight is 306 g/mol. The lowest BCUT2D eigenvalue weighted by atomic mass is 10.0. The summed E-state index contributed by atoms with van der Waals surface area (Å²) in [6.07, 6.45) is 1.56. The minimum absolute atomic E-state index is 0.0469. The quantitative estimate of drug-likeness (QED) is 0.777. The molecule has 1 aromatic carbocycles. The molecule has 0 aliphatic heterocycles. The van der Waals surface area contributed by atoms with Gasteiger partial charge < -0.3 is 10.2 Å². The van der Waals surface area contributed by atoms with Gasteiger partial charge in [-0.3, -0.25) is 4.68 Å². The number of anilines is 1. The van der Waals surface area contributed by atoms with Crippen LogP contribution in [0.15, 0.2) is 34.9 Å². The molecule has 0 bridgehead atoms. The van der Waals surface area contributed by atoms with E-state index in [-0.39, 0.29) is 5.02 Å². The van der Waals surface area contributed by atoms with Gasteiger partial charge in [-0.25, -0.2) is 4.39 Å². The van der Waals surface area contributed by atoms with Gasteiger partial charge in [0.1, 0.15) is 23.1 Å². The predicted octanol–water partition coefficient (Wildman–Crippen LogP) is 4.03. The number of nitrogens with two attached hydrogens (primary N) is 1. The zero-order valence-corrected chi connectivity index (χ0v) is 12.3. The molecular weight excluding hydrogens is 293 g/mol. The third-order valence-electron chi connectivity index (χ3n) is 3.43. The van der Waals surface area contributed by atoms with Gasteiger partial charge in [0.05, 0.1) is 16.8 Å². The molecule has 6 heteroatoms. The van der Waals surface area contributed by atoms with E-state index in [1.54, 1.807) is 31.5 Å². The molecule has 2 N–H and O–H groups in total. The Kier molecular flexibility index (Phi) is 3.22. The molecule has 108 valence electrons. The third kappa shape index (κ3) is 2.10. The SMILES string of the molecule is Cc1occc1-c1nn(C)c(N)c1-c1cccc(Cl)c1F.